The molecular formula is C32H26N2O6. The van der Waals surface area contributed by atoms with Gasteiger partial charge in [0.25, 0.3) is 5.91 Å². The third kappa shape index (κ3) is 7.97. The predicted molar refractivity (Wildman–Crippen MR) is 149 cm³/mol. The van der Waals surface area contributed by atoms with Gasteiger partial charge in [0.05, 0.1) is 19.9 Å². The van der Waals surface area contributed by atoms with Crippen molar-refractivity contribution in [3.63, 3.8) is 0 Å². The van der Waals surface area contributed by atoms with E-state index in [0.29, 0.717) is 35.2 Å². The molecule has 4 rings (SSSR count). The fourth-order valence-corrected chi connectivity index (χ4v) is 3.58. The number of benzene rings is 3. The number of nitrogens with one attached hydrogen (secondary N) is 1. The van der Waals surface area contributed by atoms with Gasteiger partial charge < -0.3 is 23.9 Å². The van der Waals surface area contributed by atoms with E-state index in [1.807, 2.05) is 42.5 Å². The number of hydrogen-bond donors (Lipinski definition) is 1. The number of nitrogens with zero attached hydrogens (tertiary/aromatic N) is 1. The van der Waals surface area contributed by atoms with Crippen molar-refractivity contribution in [3.8, 4) is 23.3 Å². The van der Waals surface area contributed by atoms with Gasteiger partial charge in [-0.25, -0.2) is 4.79 Å². The zero-order valence-corrected chi connectivity index (χ0v) is 21.7. The molecular weight excluding hydrogens is 508 g/mol. The van der Waals surface area contributed by atoms with Crippen LogP contribution in [-0.4, -0.2) is 19.0 Å². The zero-order chi connectivity index (χ0) is 28.2. The fourth-order valence-electron chi connectivity index (χ4n) is 3.58. The van der Waals surface area contributed by atoms with E-state index in [2.05, 4.69) is 5.32 Å². The molecule has 0 unspecified atom stereocenters. The number of hydrogen-bond acceptors (Lipinski definition) is 7. The number of furan rings is 1. The van der Waals surface area contributed by atoms with E-state index in [9.17, 15) is 14.9 Å². The Morgan fingerprint density at radius 2 is 1.73 bits per heavy atom. The first kappa shape index (κ1) is 27.5. The Bertz CT molecular complexity index is 1530. The van der Waals surface area contributed by atoms with Crippen molar-refractivity contribution < 1.29 is 28.2 Å². The van der Waals surface area contributed by atoms with E-state index in [4.69, 9.17) is 18.6 Å². The van der Waals surface area contributed by atoms with E-state index in [-0.39, 0.29) is 12.1 Å². The van der Waals surface area contributed by atoms with Gasteiger partial charge in [0.2, 0.25) is 0 Å². The summed E-state index contributed by atoms with van der Waals surface area (Å²) in [6, 6.07) is 26.9. The Morgan fingerprint density at radius 1 is 0.950 bits per heavy atom. The fraction of sp³-hybridized carbons (Fsp3) is 0.0938. The maximum Gasteiger partial charge on any atom is 0.336 e. The summed E-state index contributed by atoms with van der Waals surface area (Å²) in [5, 5.41) is 12.0. The highest BCUT2D eigenvalue weighted by molar-refractivity contribution is 6.01. The summed E-state index contributed by atoms with van der Waals surface area (Å²) in [4.78, 5) is 24.6. The Labute approximate surface area is 231 Å². The average Bonchev–Trinajstić information content (AvgIpc) is 3.52. The smallest absolute Gasteiger partial charge is 0.336 e. The van der Waals surface area contributed by atoms with Crippen molar-refractivity contribution in [1.82, 2.24) is 5.32 Å². The number of ether oxygens (including phenoxy) is 3. The van der Waals surface area contributed by atoms with Gasteiger partial charge >= 0.3 is 5.97 Å². The van der Waals surface area contributed by atoms with Crippen LogP contribution < -0.4 is 19.5 Å². The second kappa shape index (κ2) is 13.8. The van der Waals surface area contributed by atoms with Gasteiger partial charge in [-0.2, -0.15) is 5.26 Å². The molecule has 3 aromatic carbocycles. The van der Waals surface area contributed by atoms with Gasteiger partial charge in [0.15, 0.2) is 11.5 Å². The second-order valence-electron chi connectivity index (χ2n) is 8.44. The van der Waals surface area contributed by atoms with E-state index >= 15 is 0 Å². The van der Waals surface area contributed by atoms with E-state index in [1.165, 1.54) is 18.4 Å². The predicted octanol–water partition coefficient (Wildman–Crippen LogP) is 5.71. The SMILES string of the molecule is COc1cc(/C=C/C(=O)Oc2ccc(/C=C(\C#N)C(=O)NCc3ccco3)cc2)ccc1OCc1ccccc1. The summed E-state index contributed by atoms with van der Waals surface area (Å²) >= 11 is 0. The molecule has 200 valence electrons. The summed E-state index contributed by atoms with van der Waals surface area (Å²) in [5.41, 5.74) is 2.31. The van der Waals surface area contributed by atoms with Crippen LogP contribution in [0.5, 0.6) is 17.2 Å². The minimum Gasteiger partial charge on any atom is -0.493 e. The van der Waals surface area contributed by atoms with Crippen molar-refractivity contribution in [2.24, 2.45) is 0 Å². The first-order valence-corrected chi connectivity index (χ1v) is 12.3. The zero-order valence-electron chi connectivity index (χ0n) is 21.7. The number of carbonyl (C=O) groups excluding carboxylic acids is 2. The highest BCUT2D eigenvalue weighted by Crippen LogP contribution is 2.29. The molecule has 0 bridgehead atoms. The molecule has 40 heavy (non-hydrogen) atoms. The molecule has 1 heterocycles. The lowest BCUT2D eigenvalue weighted by atomic mass is 10.1. The number of carbonyl (C=O) groups is 2. The summed E-state index contributed by atoms with van der Waals surface area (Å²) in [5.74, 6) is 0.939. The average molecular weight is 535 g/mol. The molecule has 0 aliphatic rings. The number of methoxy groups -OCH3 is 1. The highest BCUT2D eigenvalue weighted by Gasteiger charge is 2.10. The molecule has 8 nitrogen and oxygen atoms in total. The summed E-state index contributed by atoms with van der Waals surface area (Å²) in [7, 11) is 1.55. The van der Waals surface area contributed by atoms with Crippen LogP contribution in [0, 0.1) is 11.3 Å². The topological polar surface area (TPSA) is 111 Å². The maximum atomic E-state index is 12.4. The van der Waals surface area contributed by atoms with E-state index in [0.717, 1.165) is 11.1 Å². The lowest BCUT2D eigenvalue weighted by Gasteiger charge is -2.11. The molecule has 0 spiro atoms. The monoisotopic (exact) mass is 534 g/mol. The van der Waals surface area contributed by atoms with Crippen molar-refractivity contribution in [3.05, 3.63) is 125 Å². The molecule has 0 aliphatic carbocycles. The van der Waals surface area contributed by atoms with Crippen LogP contribution >= 0.6 is 0 Å². The lowest BCUT2D eigenvalue weighted by Crippen LogP contribution is -2.23. The van der Waals surface area contributed by atoms with Gasteiger partial charge in [-0.3, -0.25) is 4.79 Å². The molecule has 0 saturated heterocycles. The molecule has 0 fully saturated rings. The molecule has 8 heteroatoms. The standard InChI is InChI=1S/C32H26N2O6/c1-37-30-19-24(11-15-29(30)39-22-25-6-3-2-4-7-25)12-16-31(35)40-27-13-9-23(10-14-27)18-26(20-33)32(36)34-21-28-8-5-17-38-28/h2-19H,21-22H2,1H3,(H,34,36)/b16-12+,26-18+. The Balaban J connectivity index is 1.31. The summed E-state index contributed by atoms with van der Waals surface area (Å²) in [6.07, 6.45) is 5.88. The first-order valence-electron chi connectivity index (χ1n) is 12.3. The van der Waals surface area contributed by atoms with Crippen molar-refractivity contribution in [2.75, 3.05) is 7.11 Å². The summed E-state index contributed by atoms with van der Waals surface area (Å²) < 4.78 is 21.8. The lowest BCUT2D eigenvalue weighted by molar-refractivity contribution is -0.128. The Hall–Kier alpha value is -5.55. The van der Waals surface area contributed by atoms with Crippen LogP contribution in [0.1, 0.15) is 22.5 Å². The van der Waals surface area contributed by atoms with Crippen LogP contribution in [0.3, 0.4) is 0 Å². The Morgan fingerprint density at radius 3 is 2.42 bits per heavy atom. The van der Waals surface area contributed by atoms with Crippen molar-refractivity contribution in [1.29, 1.82) is 5.26 Å². The first-order chi connectivity index (χ1) is 19.5. The third-order valence-corrected chi connectivity index (χ3v) is 5.61. The highest BCUT2D eigenvalue weighted by atomic mass is 16.5. The molecule has 0 radical (unpaired) electrons. The van der Waals surface area contributed by atoms with Crippen molar-refractivity contribution in [2.45, 2.75) is 13.2 Å². The largest absolute Gasteiger partial charge is 0.493 e. The minimum absolute atomic E-state index is 0.0638. The van der Waals surface area contributed by atoms with Crippen molar-refractivity contribution >= 4 is 24.0 Å². The molecule has 0 aliphatic heterocycles. The van der Waals surface area contributed by atoms with Crippen LogP contribution in [0.25, 0.3) is 12.2 Å². The normalized spacial score (nSPS) is 11.1. The van der Waals surface area contributed by atoms with Crippen LogP contribution in [0.4, 0.5) is 0 Å². The number of amides is 1. The quantitative estimate of drug-likeness (QED) is 0.114. The van der Waals surface area contributed by atoms with Gasteiger partial charge in [-0.05, 0) is 65.2 Å². The van der Waals surface area contributed by atoms with Crippen LogP contribution in [0.15, 0.2) is 107 Å². The molecule has 1 N–H and O–H groups in total. The molecule has 4 aromatic rings. The van der Waals surface area contributed by atoms with Gasteiger partial charge in [0.1, 0.15) is 29.8 Å². The Kier molecular flexibility index (Phi) is 9.51. The number of rotatable bonds is 11. The number of nitriles is 1. The molecule has 0 atom stereocenters. The van der Waals surface area contributed by atoms with Gasteiger partial charge in [-0.15, -0.1) is 0 Å². The van der Waals surface area contributed by atoms with E-state index in [1.54, 1.807) is 61.7 Å². The van der Waals surface area contributed by atoms with Crippen LogP contribution in [0.2, 0.25) is 0 Å². The molecule has 1 amide bonds. The number of esters is 1. The molecule has 1 aromatic heterocycles. The minimum atomic E-state index is -0.568. The van der Waals surface area contributed by atoms with Crippen LogP contribution in [-0.2, 0) is 22.7 Å². The maximum absolute atomic E-state index is 12.4. The third-order valence-electron chi connectivity index (χ3n) is 5.61. The van der Waals surface area contributed by atoms with E-state index < -0.39 is 11.9 Å². The van der Waals surface area contributed by atoms with Gasteiger partial charge in [0, 0.05) is 6.08 Å². The summed E-state index contributed by atoms with van der Waals surface area (Å²) in [6.45, 7) is 0.580. The van der Waals surface area contributed by atoms with Gasteiger partial charge in [-0.1, -0.05) is 48.5 Å². The molecule has 0 saturated carbocycles. The second-order valence-corrected chi connectivity index (χ2v) is 8.44.